The van der Waals surface area contributed by atoms with Crippen molar-refractivity contribution < 1.29 is 9.47 Å². The second-order valence-corrected chi connectivity index (χ2v) is 7.61. The molecule has 1 aliphatic carbocycles. The molecule has 1 saturated carbocycles. The highest BCUT2D eigenvalue weighted by Gasteiger charge is 2.67. The highest BCUT2D eigenvalue weighted by Crippen LogP contribution is 2.72. The zero-order chi connectivity index (χ0) is 15.4. The Kier molecular flexibility index (Phi) is 3.42. The molecule has 0 bridgehead atoms. The minimum Gasteiger partial charge on any atom is -0.486 e. The summed E-state index contributed by atoms with van der Waals surface area (Å²) in [5, 5.41) is 4.21. The zero-order valence-corrected chi connectivity index (χ0v) is 14.2. The SMILES string of the molecule is CNC(c1cc2c(cc1Cl)OCCO2)C1C(C)(C)C1(C)C. The van der Waals surface area contributed by atoms with E-state index in [1.807, 2.05) is 19.2 Å². The molecule has 0 radical (unpaired) electrons. The first-order chi connectivity index (χ1) is 9.80. The van der Waals surface area contributed by atoms with Crippen molar-refractivity contribution >= 4 is 11.6 Å². The molecule has 1 atom stereocenters. The Morgan fingerprint density at radius 1 is 1.10 bits per heavy atom. The maximum atomic E-state index is 6.52. The molecule has 1 aliphatic heterocycles. The fourth-order valence-electron chi connectivity index (χ4n) is 3.90. The zero-order valence-electron chi connectivity index (χ0n) is 13.4. The number of ether oxygens (including phenoxy) is 2. The number of nitrogens with one attached hydrogen (secondary N) is 1. The smallest absolute Gasteiger partial charge is 0.162 e. The number of rotatable bonds is 3. The predicted octanol–water partition coefficient (Wildman–Crippen LogP) is 4.05. The number of fused-ring (bicyclic) bond motifs is 1. The van der Waals surface area contributed by atoms with E-state index in [0.717, 1.165) is 22.1 Å². The fourth-order valence-corrected chi connectivity index (χ4v) is 4.17. The molecule has 0 amide bonds. The number of hydrogen-bond acceptors (Lipinski definition) is 3. The van der Waals surface area contributed by atoms with Gasteiger partial charge in [-0.1, -0.05) is 39.3 Å². The van der Waals surface area contributed by atoms with Crippen LogP contribution in [0.4, 0.5) is 0 Å². The second kappa shape index (κ2) is 4.79. The van der Waals surface area contributed by atoms with Crippen molar-refractivity contribution in [3.05, 3.63) is 22.7 Å². The van der Waals surface area contributed by atoms with Gasteiger partial charge in [-0.15, -0.1) is 0 Å². The van der Waals surface area contributed by atoms with E-state index in [4.69, 9.17) is 21.1 Å². The van der Waals surface area contributed by atoms with Crippen molar-refractivity contribution in [3.63, 3.8) is 0 Å². The molecule has 21 heavy (non-hydrogen) atoms. The highest BCUT2D eigenvalue weighted by atomic mass is 35.5. The normalized spacial score (nSPS) is 23.7. The van der Waals surface area contributed by atoms with Gasteiger partial charge in [-0.05, 0) is 35.4 Å². The Labute approximate surface area is 132 Å². The molecule has 1 heterocycles. The topological polar surface area (TPSA) is 30.5 Å². The van der Waals surface area contributed by atoms with Crippen LogP contribution in [0.1, 0.15) is 39.3 Å². The number of halogens is 1. The summed E-state index contributed by atoms with van der Waals surface area (Å²) < 4.78 is 11.3. The van der Waals surface area contributed by atoms with E-state index in [1.54, 1.807) is 0 Å². The lowest BCUT2D eigenvalue weighted by Crippen LogP contribution is -2.23. The van der Waals surface area contributed by atoms with Crippen molar-refractivity contribution in [2.24, 2.45) is 16.7 Å². The van der Waals surface area contributed by atoms with Crippen LogP contribution in [-0.4, -0.2) is 20.3 Å². The van der Waals surface area contributed by atoms with E-state index in [-0.39, 0.29) is 16.9 Å². The standard InChI is InChI=1S/C17H24ClNO2/c1-16(2)15(17(16,3)4)14(19-5)10-8-12-13(9-11(10)18)21-7-6-20-12/h8-9,14-15,19H,6-7H2,1-5H3. The molecule has 2 aliphatic rings. The Morgan fingerprint density at radius 2 is 1.62 bits per heavy atom. The maximum absolute atomic E-state index is 6.52. The second-order valence-electron chi connectivity index (χ2n) is 7.20. The minimum absolute atomic E-state index is 0.221. The van der Waals surface area contributed by atoms with E-state index in [2.05, 4.69) is 33.0 Å². The van der Waals surface area contributed by atoms with Gasteiger partial charge in [0.25, 0.3) is 0 Å². The van der Waals surface area contributed by atoms with Gasteiger partial charge >= 0.3 is 0 Å². The van der Waals surface area contributed by atoms with Gasteiger partial charge in [0.2, 0.25) is 0 Å². The summed E-state index contributed by atoms with van der Waals surface area (Å²) >= 11 is 6.52. The first-order valence-corrected chi connectivity index (χ1v) is 7.95. The van der Waals surface area contributed by atoms with Gasteiger partial charge in [-0.2, -0.15) is 0 Å². The van der Waals surface area contributed by atoms with Gasteiger partial charge in [0.05, 0.1) is 0 Å². The van der Waals surface area contributed by atoms with Crippen LogP contribution in [0.15, 0.2) is 12.1 Å². The molecular weight excluding hydrogens is 286 g/mol. The van der Waals surface area contributed by atoms with Crippen LogP contribution in [0.5, 0.6) is 11.5 Å². The third-order valence-electron chi connectivity index (χ3n) is 5.77. The monoisotopic (exact) mass is 309 g/mol. The fraction of sp³-hybridized carbons (Fsp3) is 0.647. The Balaban J connectivity index is 1.99. The van der Waals surface area contributed by atoms with E-state index in [0.29, 0.717) is 19.1 Å². The molecule has 0 spiro atoms. The van der Waals surface area contributed by atoms with Crippen LogP contribution in [0, 0.1) is 16.7 Å². The average molecular weight is 310 g/mol. The molecule has 3 nitrogen and oxygen atoms in total. The Hall–Kier alpha value is -0.930. The van der Waals surface area contributed by atoms with Gasteiger partial charge in [0.15, 0.2) is 11.5 Å². The molecule has 1 unspecified atom stereocenters. The van der Waals surface area contributed by atoms with Crippen LogP contribution in [0.3, 0.4) is 0 Å². The molecule has 4 heteroatoms. The summed E-state index contributed by atoms with van der Waals surface area (Å²) in [5.41, 5.74) is 1.68. The molecule has 116 valence electrons. The summed E-state index contributed by atoms with van der Waals surface area (Å²) in [5.74, 6) is 2.09. The molecular formula is C17H24ClNO2. The Morgan fingerprint density at radius 3 is 2.10 bits per heavy atom. The molecule has 3 rings (SSSR count). The van der Waals surface area contributed by atoms with Crippen molar-refractivity contribution in [2.75, 3.05) is 20.3 Å². The average Bonchev–Trinajstić information content (AvgIpc) is 2.83. The maximum Gasteiger partial charge on any atom is 0.162 e. The van der Waals surface area contributed by atoms with Crippen LogP contribution in [0.2, 0.25) is 5.02 Å². The molecule has 0 aromatic heterocycles. The van der Waals surface area contributed by atoms with Gasteiger partial charge in [-0.3, -0.25) is 0 Å². The van der Waals surface area contributed by atoms with Crippen molar-refractivity contribution in [3.8, 4) is 11.5 Å². The minimum atomic E-state index is 0.221. The lowest BCUT2D eigenvalue weighted by atomic mass is 9.96. The van der Waals surface area contributed by atoms with Gasteiger partial charge in [0.1, 0.15) is 13.2 Å². The number of hydrogen-bond donors (Lipinski definition) is 1. The van der Waals surface area contributed by atoms with Crippen LogP contribution in [0.25, 0.3) is 0 Å². The third-order valence-corrected chi connectivity index (χ3v) is 6.10. The van der Waals surface area contributed by atoms with Crippen molar-refractivity contribution in [1.82, 2.24) is 5.32 Å². The predicted molar refractivity (Wildman–Crippen MR) is 85.3 cm³/mol. The molecule has 1 aromatic carbocycles. The van der Waals surface area contributed by atoms with E-state index < -0.39 is 0 Å². The van der Waals surface area contributed by atoms with Crippen LogP contribution < -0.4 is 14.8 Å². The lowest BCUT2D eigenvalue weighted by molar-refractivity contribution is 0.171. The van der Waals surface area contributed by atoms with E-state index in [9.17, 15) is 0 Å². The molecule has 0 saturated heterocycles. The summed E-state index contributed by atoms with van der Waals surface area (Å²) in [7, 11) is 2.00. The first kappa shape index (κ1) is 15.0. The Bertz CT molecular complexity index is 554. The van der Waals surface area contributed by atoms with Crippen LogP contribution in [-0.2, 0) is 0 Å². The summed E-state index contributed by atoms with van der Waals surface area (Å²) in [4.78, 5) is 0. The molecule has 1 aromatic rings. The van der Waals surface area contributed by atoms with Gasteiger partial charge in [0, 0.05) is 17.1 Å². The third kappa shape index (κ3) is 2.13. The lowest BCUT2D eigenvalue weighted by Gasteiger charge is -2.24. The highest BCUT2D eigenvalue weighted by molar-refractivity contribution is 6.31. The molecule has 1 fully saturated rings. The molecule has 1 N–H and O–H groups in total. The van der Waals surface area contributed by atoms with E-state index in [1.165, 1.54) is 0 Å². The van der Waals surface area contributed by atoms with Crippen molar-refractivity contribution in [1.29, 1.82) is 0 Å². The summed E-state index contributed by atoms with van der Waals surface area (Å²) in [6, 6.07) is 4.15. The van der Waals surface area contributed by atoms with Crippen LogP contribution >= 0.6 is 11.6 Å². The van der Waals surface area contributed by atoms with Gasteiger partial charge in [-0.25, -0.2) is 0 Å². The number of benzene rings is 1. The largest absolute Gasteiger partial charge is 0.486 e. The quantitative estimate of drug-likeness (QED) is 0.913. The summed E-state index contributed by atoms with van der Waals surface area (Å²) in [6.45, 7) is 10.5. The first-order valence-electron chi connectivity index (χ1n) is 7.57. The van der Waals surface area contributed by atoms with Crippen molar-refractivity contribution in [2.45, 2.75) is 33.7 Å². The van der Waals surface area contributed by atoms with Gasteiger partial charge < -0.3 is 14.8 Å². The summed E-state index contributed by atoms with van der Waals surface area (Å²) in [6.07, 6.45) is 0. The van der Waals surface area contributed by atoms with E-state index >= 15 is 0 Å².